The van der Waals surface area contributed by atoms with Crippen LogP contribution in [0.25, 0.3) is 28.3 Å². The molecule has 0 atom stereocenters. The summed E-state index contributed by atoms with van der Waals surface area (Å²) >= 11 is 0. The van der Waals surface area contributed by atoms with Crippen molar-refractivity contribution in [1.29, 1.82) is 0 Å². The first-order chi connectivity index (χ1) is 16.4. The van der Waals surface area contributed by atoms with Gasteiger partial charge in [-0.15, -0.1) is 10.2 Å². The molecule has 0 fully saturated rings. The van der Waals surface area contributed by atoms with Gasteiger partial charge in [0.25, 0.3) is 5.56 Å². The Bertz CT molecular complexity index is 1570. The number of hydrogen-bond acceptors (Lipinski definition) is 5. The molecule has 9 nitrogen and oxygen atoms in total. The molecule has 3 aromatic heterocycles. The SMILES string of the molecule is CC(C)CCn1c2c(=O)[nH]c(=O)n(C)c2n2c(-c3ccc(COc4ccccc4)cc3)nnc12. The smallest absolute Gasteiger partial charge is 0.329 e. The molecule has 9 heteroatoms. The molecular formula is C25H26N6O3. The number of benzene rings is 2. The minimum atomic E-state index is -0.478. The number of aryl methyl sites for hydroxylation is 2. The van der Waals surface area contributed by atoms with Crippen molar-refractivity contribution in [2.45, 2.75) is 33.4 Å². The summed E-state index contributed by atoms with van der Waals surface area (Å²) in [5.41, 5.74) is 1.83. The Labute approximate surface area is 195 Å². The van der Waals surface area contributed by atoms with Gasteiger partial charge in [-0.1, -0.05) is 56.3 Å². The van der Waals surface area contributed by atoms with Gasteiger partial charge in [-0.3, -0.25) is 14.3 Å². The van der Waals surface area contributed by atoms with Crippen LogP contribution in [0.4, 0.5) is 0 Å². The molecule has 34 heavy (non-hydrogen) atoms. The Balaban J connectivity index is 1.58. The average Bonchev–Trinajstić information content (AvgIpc) is 3.40. The normalized spacial score (nSPS) is 11.6. The van der Waals surface area contributed by atoms with Crippen LogP contribution in [-0.4, -0.2) is 28.7 Å². The zero-order chi connectivity index (χ0) is 23.8. The van der Waals surface area contributed by atoms with E-state index in [1.807, 2.05) is 59.2 Å². The summed E-state index contributed by atoms with van der Waals surface area (Å²) < 4.78 is 10.9. The fraction of sp³-hybridized carbons (Fsp3) is 0.280. The van der Waals surface area contributed by atoms with Crippen molar-refractivity contribution in [2.75, 3.05) is 0 Å². The molecular weight excluding hydrogens is 432 g/mol. The van der Waals surface area contributed by atoms with E-state index in [2.05, 4.69) is 29.0 Å². The van der Waals surface area contributed by atoms with Gasteiger partial charge in [-0.05, 0) is 30.0 Å². The highest BCUT2D eigenvalue weighted by molar-refractivity contribution is 5.79. The van der Waals surface area contributed by atoms with E-state index in [4.69, 9.17) is 4.74 Å². The number of imidazole rings is 1. The minimum absolute atomic E-state index is 0.418. The molecule has 1 N–H and O–H groups in total. The molecule has 0 saturated carbocycles. The maximum absolute atomic E-state index is 12.8. The van der Waals surface area contributed by atoms with Gasteiger partial charge in [-0.25, -0.2) is 9.20 Å². The standard InChI is InChI=1S/C25H26N6O3/c1-16(2)13-14-30-20-22(32)26-25(33)29(3)23(20)31-21(27-28-24(30)31)18-11-9-17(10-12-18)15-34-19-7-5-4-6-8-19/h4-12,16H,13-15H2,1-3H3,(H,26,32,33). The lowest BCUT2D eigenvalue weighted by molar-refractivity contribution is 0.306. The number of para-hydroxylation sites is 1. The van der Waals surface area contributed by atoms with Gasteiger partial charge in [0, 0.05) is 19.2 Å². The molecule has 2 aromatic carbocycles. The van der Waals surface area contributed by atoms with E-state index in [1.165, 1.54) is 4.57 Å². The molecule has 0 bridgehead atoms. The zero-order valence-corrected chi connectivity index (χ0v) is 19.4. The Morgan fingerprint density at radius 1 is 1.00 bits per heavy atom. The summed E-state index contributed by atoms with van der Waals surface area (Å²) in [5, 5.41) is 8.82. The Morgan fingerprint density at radius 3 is 2.44 bits per heavy atom. The first kappa shape index (κ1) is 21.7. The van der Waals surface area contributed by atoms with E-state index < -0.39 is 11.2 Å². The van der Waals surface area contributed by atoms with Crippen molar-refractivity contribution in [2.24, 2.45) is 13.0 Å². The van der Waals surface area contributed by atoms with E-state index in [-0.39, 0.29) is 0 Å². The lowest BCUT2D eigenvalue weighted by atomic mass is 10.1. The number of aromatic amines is 1. The third-order valence-corrected chi connectivity index (χ3v) is 5.93. The van der Waals surface area contributed by atoms with Crippen LogP contribution in [0.3, 0.4) is 0 Å². The average molecular weight is 459 g/mol. The third kappa shape index (κ3) is 3.79. The van der Waals surface area contributed by atoms with Gasteiger partial charge < -0.3 is 9.30 Å². The molecule has 0 aliphatic heterocycles. The van der Waals surface area contributed by atoms with Crippen LogP contribution in [0.15, 0.2) is 64.2 Å². The fourth-order valence-electron chi connectivity index (χ4n) is 4.06. The van der Waals surface area contributed by atoms with E-state index >= 15 is 0 Å². The third-order valence-electron chi connectivity index (χ3n) is 5.93. The number of nitrogens with one attached hydrogen (secondary N) is 1. The number of hydrogen-bond donors (Lipinski definition) is 1. The second-order valence-electron chi connectivity index (χ2n) is 8.78. The maximum Gasteiger partial charge on any atom is 0.329 e. The van der Waals surface area contributed by atoms with E-state index in [1.54, 1.807) is 11.4 Å². The first-order valence-corrected chi connectivity index (χ1v) is 11.3. The van der Waals surface area contributed by atoms with E-state index in [0.29, 0.717) is 41.8 Å². The van der Waals surface area contributed by atoms with E-state index in [9.17, 15) is 9.59 Å². The Kier molecular flexibility index (Phi) is 5.53. The lowest BCUT2D eigenvalue weighted by Crippen LogP contribution is -2.29. The van der Waals surface area contributed by atoms with Gasteiger partial charge in [0.2, 0.25) is 5.78 Å². The van der Waals surface area contributed by atoms with Crippen molar-refractivity contribution in [3.05, 3.63) is 81.0 Å². The van der Waals surface area contributed by atoms with Crippen molar-refractivity contribution in [3.63, 3.8) is 0 Å². The first-order valence-electron chi connectivity index (χ1n) is 11.3. The number of rotatable bonds is 7. The zero-order valence-electron chi connectivity index (χ0n) is 19.4. The molecule has 0 unspecified atom stereocenters. The summed E-state index contributed by atoms with van der Waals surface area (Å²) in [5.74, 6) is 2.36. The van der Waals surface area contributed by atoms with Crippen LogP contribution >= 0.6 is 0 Å². The molecule has 0 spiro atoms. The highest BCUT2D eigenvalue weighted by Crippen LogP contribution is 2.25. The van der Waals surface area contributed by atoms with Crippen LogP contribution in [0, 0.1) is 5.92 Å². The second-order valence-corrected chi connectivity index (χ2v) is 8.78. The number of ether oxygens (including phenoxy) is 1. The monoisotopic (exact) mass is 458 g/mol. The number of H-pyrrole nitrogens is 1. The predicted molar refractivity (Wildman–Crippen MR) is 130 cm³/mol. The largest absolute Gasteiger partial charge is 0.489 e. The number of aromatic nitrogens is 6. The summed E-state index contributed by atoms with van der Waals surface area (Å²) in [4.78, 5) is 27.6. The minimum Gasteiger partial charge on any atom is -0.489 e. The Hall–Kier alpha value is -4.14. The summed E-state index contributed by atoms with van der Waals surface area (Å²) in [6.07, 6.45) is 0.861. The van der Waals surface area contributed by atoms with Crippen LogP contribution in [0.5, 0.6) is 5.75 Å². The van der Waals surface area contributed by atoms with Crippen molar-refractivity contribution in [1.82, 2.24) is 28.7 Å². The second kappa shape index (κ2) is 8.66. The molecule has 3 heterocycles. The van der Waals surface area contributed by atoms with Gasteiger partial charge in [0.05, 0.1) is 0 Å². The maximum atomic E-state index is 12.8. The number of fused-ring (bicyclic) bond motifs is 3. The van der Waals surface area contributed by atoms with Crippen LogP contribution < -0.4 is 16.0 Å². The summed E-state index contributed by atoms with van der Waals surface area (Å²) in [6.45, 7) is 5.29. The number of nitrogens with zero attached hydrogens (tertiary/aromatic N) is 5. The van der Waals surface area contributed by atoms with Crippen LogP contribution in [-0.2, 0) is 20.2 Å². The quantitative estimate of drug-likeness (QED) is 0.403. The van der Waals surface area contributed by atoms with Crippen molar-refractivity contribution in [3.8, 4) is 17.1 Å². The molecule has 0 saturated heterocycles. The molecule has 0 amide bonds. The summed E-state index contributed by atoms with van der Waals surface area (Å²) in [7, 11) is 1.64. The van der Waals surface area contributed by atoms with Crippen molar-refractivity contribution >= 4 is 16.9 Å². The topological polar surface area (TPSA) is 99.2 Å². The van der Waals surface area contributed by atoms with Crippen molar-refractivity contribution < 1.29 is 4.74 Å². The van der Waals surface area contributed by atoms with Crippen LogP contribution in [0.2, 0.25) is 0 Å². The summed E-state index contributed by atoms with van der Waals surface area (Å²) in [6, 6.07) is 17.5. The molecule has 5 aromatic rings. The molecule has 5 rings (SSSR count). The van der Waals surface area contributed by atoms with Gasteiger partial charge in [0.1, 0.15) is 12.4 Å². The van der Waals surface area contributed by atoms with Gasteiger partial charge >= 0.3 is 5.69 Å². The molecule has 174 valence electrons. The molecule has 0 radical (unpaired) electrons. The van der Waals surface area contributed by atoms with Crippen LogP contribution in [0.1, 0.15) is 25.8 Å². The van der Waals surface area contributed by atoms with E-state index in [0.717, 1.165) is 23.3 Å². The van der Waals surface area contributed by atoms with Gasteiger partial charge in [-0.2, -0.15) is 0 Å². The Morgan fingerprint density at radius 2 is 1.74 bits per heavy atom. The molecule has 0 aliphatic carbocycles. The fourth-order valence-corrected chi connectivity index (χ4v) is 4.06. The highest BCUT2D eigenvalue weighted by atomic mass is 16.5. The lowest BCUT2D eigenvalue weighted by Gasteiger charge is -2.07. The highest BCUT2D eigenvalue weighted by Gasteiger charge is 2.22. The predicted octanol–water partition coefficient (Wildman–Crippen LogP) is 3.36. The van der Waals surface area contributed by atoms with Gasteiger partial charge in [0.15, 0.2) is 17.0 Å². The molecule has 0 aliphatic rings.